The molecule has 25 heavy (non-hydrogen) atoms. The van der Waals surface area contributed by atoms with Gasteiger partial charge in [0, 0.05) is 37.7 Å². The van der Waals surface area contributed by atoms with E-state index in [1.54, 1.807) is 27.8 Å². The Labute approximate surface area is 145 Å². The van der Waals surface area contributed by atoms with Crippen LogP contribution in [0.1, 0.15) is 43.9 Å². The number of aromatic amines is 1. The van der Waals surface area contributed by atoms with Crippen molar-refractivity contribution >= 4 is 5.91 Å². The number of hydrogen-bond donors (Lipinski definition) is 1. The van der Waals surface area contributed by atoms with Crippen molar-refractivity contribution in [1.82, 2.24) is 24.6 Å². The topological polar surface area (TPSA) is 93.1 Å². The van der Waals surface area contributed by atoms with E-state index in [0.29, 0.717) is 32.1 Å². The van der Waals surface area contributed by atoms with Gasteiger partial charge in [-0.25, -0.2) is 4.98 Å². The van der Waals surface area contributed by atoms with Gasteiger partial charge in [0.25, 0.3) is 5.56 Å². The highest BCUT2D eigenvalue weighted by atomic mass is 16.5. The van der Waals surface area contributed by atoms with Crippen LogP contribution in [-0.4, -0.2) is 50.3 Å². The van der Waals surface area contributed by atoms with Crippen LogP contribution in [0.5, 0.6) is 0 Å². The largest absolute Gasteiger partial charge is 0.367 e. The second-order valence-electron chi connectivity index (χ2n) is 6.42. The number of carbonyl (C=O) groups excluding carboxylic acids is 1. The van der Waals surface area contributed by atoms with Gasteiger partial charge >= 0.3 is 0 Å². The maximum absolute atomic E-state index is 12.5. The number of morpholine rings is 1. The van der Waals surface area contributed by atoms with E-state index in [1.807, 2.05) is 13.8 Å². The van der Waals surface area contributed by atoms with Crippen molar-refractivity contribution in [3.63, 3.8) is 0 Å². The Kier molecular flexibility index (Phi) is 5.28. The lowest BCUT2D eigenvalue weighted by atomic mass is 10.2. The number of aryl methyl sites for hydroxylation is 1. The van der Waals surface area contributed by atoms with Crippen LogP contribution < -0.4 is 5.56 Å². The lowest BCUT2D eigenvalue weighted by Crippen LogP contribution is -2.43. The Hall–Kier alpha value is -2.48. The lowest BCUT2D eigenvalue weighted by molar-refractivity contribution is -0.139. The Bertz CT molecular complexity index is 782. The Balaban J connectivity index is 1.59. The standard InChI is InChI=1S/C17H23N5O3/c1-12(2)16-18-17(20-19-16)13-11-22(9-10-25-13)15(24)6-8-21-7-4-3-5-14(21)23/h3-5,7,12-13H,6,8-11H2,1-2H3,(H,18,19,20)/t13-/m0/s1. The normalized spacial score (nSPS) is 17.9. The predicted octanol–water partition coefficient (Wildman–Crippen LogP) is 1.08. The summed E-state index contributed by atoms with van der Waals surface area (Å²) in [6, 6.07) is 4.97. The number of nitrogens with one attached hydrogen (secondary N) is 1. The van der Waals surface area contributed by atoms with Crippen LogP contribution in [0.2, 0.25) is 0 Å². The molecule has 2 aromatic heterocycles. The summed E-state index contributed by atoms with van der Waals surface area (Å²) in [6.45, 7) is 5.87. The van der Waals surface area contributed by atoms with Crippen LogP contribution in [0.3, 0.4) is 0 Å². The van der Waals surface area contributed by atoms with E-state index in [9.17, 15) is 9.59 Å². The number of ether oxygens (including phenoxy) is 1. The Morgan fingerprint density at radius 1 is 1.44 bits per heavy atom. The fourth-order valence-electron chi connectivity index (χ4n) is 2.75. The summed E-state index contributed by atoms with van der Waals surface area (Å²) < 4.78 is 7.28. The summed E-state index contributed by atoms with van der Waals surface area (Å²) in [5.74, 6) is 1.63. The molecule has 2 aromatic rings. The first-order valence-electron chi connectivity index (χ1n) is 8.51. The molecule has 0 aliphatic carbocycles. The van der Waals surface area contributed by atoms with Gasteiger partial charge in [0.05, 0.1) is 13.2 Å². The number of H-pyrrole nitrogens is 1. The predicted molar refractivity (Wildman–Crippen MR) is 91.1 cm³/mol. The highest BCUT2D eigenvalue weighted by Gasteiger charge is 2.27. The summed E-state index contributed by atoms with van der Waals surface area (Å²) in [5, 5.41) is 7.10. The van der Waals surface area contributed by atoms with Gasteiger partial charge in [-0.3, -0.25) is 14.7 Å². The highest BCUT2D eigenvalue weighted by molar-refractivity contribution is 5.76. The van der Waals surface area contributed by atoms with Crippen molar-refractivity contribution in [3.8, 4) is 0 Å². The summed E-state index contributed by atoms with van der Waals surface area (Å²) in [6.07, 6.45) is 1.68. The third kappa shape index (κ3) is 4.14. The second-order valence-corrected chi connectivity index (χ2v) is 6.42. The maximum Gasteiger partial charge on any atom is 0.250 e. The molecule has 134 valence electrons. The Morgan fingerprint density at radius 3 is 3.00 bits per heavy atom. The van der Waals surface area contributed by atoms with Gasteiger partial charge in [0.15, 0.2) is 11.6 Å². The van der Waals surface area contributed by atoms with Crippen molar-refractivity contribution in [2.45, 2.75) is 38.8 Å². The third-order valence-electron chi connectivity index (χ3n) is 4.23. The summed E-state index contributed by atoms with van der Waals surface area (Å²) in [4.78, 5) is 30.4. The molecule has 0 bridgehead atoms. The number of rotatable bonds is 5. The molecular formula is C17H23N5O3. The van der Waals surface area contributed by atoms with Crippen LogP contribution in [0.15, 0.2) is 29.2 Å². The van der Waals surface area contributed by atoms with Crippen molar-refractivity contribution < 1.29 is 9.53 Å². The van der Waals surface area contributed by atoms with Crippen molar-refractivity contribution in [1.29, 1.82) is 0 Å². The third-order valence-corrected chi connectivity index (χ3v) is 4.23. The molecule has 8 heteroatoms. The number of hydrogen-bond acceptors (Lipinski definition) is 5. The van der Waals surface area contributed by atoms with E-state index in [2.05, 4.69) is 15.2 Å². The molecule has 3 rings (SSSR count). The molecule has 1 atom stereocenters. The molecule has 8 nitrogen and oxygen atoms in total. The van der Waals surface area contributed by atoms with Crippen LogP contribution >= 0.6 is 0 Å². The van der Waals surface area contributed by atoms with E-state index < -0.39 is 0 Å². The first kappa shape index (κ1) is 17.3. The average Bonchev–Trinajstić information content (AvgIpc) is 3.11. The van der Waals surface area contributed by atoms with E-state index >= 15 is 0 Å². The van der Waals surface area contributed by atoms with Gasteiger partial charge in [0.2, 0.25) is 5.91 Å². The molecule has 1 aliphatic rings. The minimum absolute atomic E-state index is 0.00708. The van der Waals surface area contributed by atoms with Crippen molar-refractivity contribution in [2.75, 3.05) is 19.7 Å². The lowest BCUT2D eigenvalue weighted by Gasteiger charge is -2.32. The molecule has 3 heterocycles. The molecule has 1 saturated heterocycles. The zero-order valence-corrected chi connectivity index (χ0v) is 14.5. The maximum atomic E-state index is 12.5. The van der Waals surface area contributed by atoms with Gasteiger partial charge in [-0.15, -0.1) is 0 Å². The SMILES string of the molecule is CC(C)c1n[nH]c([C@@H]2CN(C(=O)CCn3ccccc3=O)CCO2)n1. The van der Waals surface area contributed by atoms with Gasteiger partial charge < -0.3 is 14.2 Å². The molecule has 0 unspecified atom stereocenters. The monoisotopic (exact) mass is 345 g/mol. The molecular weight excluding hydrogens is 322 g/mol. The number of amides is 1. The Morgan fingerprint density at radius 2 is 2.28 bits per heavy atom. The summed E-state index contributed by atoms with van der Waals surface area (Å²) in [5.41, 5.74) is -0.0990. The fourth-order valence-corrected chi connectivity index (χ4v) is 2.75. The van der Waals surface area contributed by atoms with E-state index in [0.717, 1.165) is 5.82 Å². The zero-order valence-electron chi connectivity index (χ0n) is 14.5. The first-order valence-corrected chi connectivity index (χ1v) is 8.51. The zero-order chi connectivity index (χ0) is 17.8. The summed E-state index contributed by atoms with van der Waals surface area (Å²) >= 11 is 0. The second kappa shape index (κ2) is 7.60. The van der Waals surface area contributed by atoms with Crippen LogP contribution in [0, 0.1) is 0 Å². The molecule has 0 radical (unpaired) electrons. The minimum atomic E-state index is -0.294. The van der Waals surface area contributed by atoms with Crippen molar-refractivity contribution in [2.24, 2.45) is 0 Å². The number of nitrogens with zero attached hydrogens (tertiary/aromatic N) is 4. The van der Waals surface area contributed by atoms with E-state index in [4.69, 9.17) is 4.74 Å². The molecule has 0 spiro atoms. The van der Waals surface area contributed by atoms with E-state index in [1.165, 1.54) is 6.07 Å². The molecule has 0 saturated carbocycles. The van der Waals surface area contributed by atoms with Crippen molar-refractivity contribution in [3.05, 3.63) is 46.4 Å². The molecule has 1 N–H and O–H groups in total. The minimum Gasteiger partial charge on any atom is -0.367 e. The van der Waals surface area contributed by atoms with Gasteiger partial charge in [0.1, 0.15) is 6.10 Å². The number of carbonyl (C=O) groups is 1. The summed E-state index contributed by atoms with van der Waals surface area (Å²) in [7, 11) is 0. The first-order chi connectivity index (χ1) is 12.0. The van der Waals surface area contributed by atoms with Crippen LogP contribution in [0.4, 0.5) is 0 Å². The quantitative estimate of drug-likeness (QED) is 0.875. The molecule has 0 aromatic carbocycles. The fraction of sp³-hybridized carbons (Fsp3) is 0.529. The average molecular weight is 345 g/mol. The van der Waals surface area contributed by atoms with Crippen LogP contribution in [-0.2, 0) is 16.1 Å². The van der Waals surface area contributed by atoms with Gasteiger partial charge in [-0.1, -0.05) is 19.9 Å². The highest BCUT2D eigenvalue weighted by Crippen LogP contribution is 2.21. The smallest absolute Gasteiger partial charge is 0.250 e. The molecule has 1 aliphatic heterocycles. The van der Waals surface area contributed by atoms with E-state index in [-0.39, 0.29) is 29.9 Å². The number of aromatic nitrogens is 4. The molecule has 1 amide bonds. The van der Waals surface area contributed by atoms with Gasteiger partial charge in [-0.05, 0) is 6.07 Å². The number of pyridine rings is 1. The molecule has 1 fully saturated rings. The van der Waals surface area contributed by atoms with Crippen LogP contribution in [0.25, 0.3) is 0 Å². The van der Waals surface area contributed by atoms with Gasteiger partial charge in [-0.2, -0.15) is 5.10 Å².